The van der Waals surface area contributed by atoms with Crippen molar-refractivity contribution in [2.45, 2.75) is 24.7 Å². The molecule has 0 aliphatic heterocycles. The molecule has 0 aliphatic rings. The monoisotopic (exact) mass is 452 g/mol. The standard InChI is InChI=1S/C20H12Cl4N2O2/c21-13-3-1-4-14(22)19(13)11(9-25)17(27)7-8-18(28)12(10-26)20-15(23)5-2-6-16(20)24/h1-6,11-12H,7-8H2. The van der Waals surface area contributed by atoms with Gasteiger partial charge in [0.2, 0.25) is 0 Å². The molecule has 28 heavy (non-hydrogen) atoms. The van der Waals surface area contributed by atoms with E-state index in [4.69, 9.17) is 46.4 Å². The molecule has 0 saturated carbocycles. The van der Waals surface area contributed by atoms with Crippen molar-refractivity contribution in [1.82, 2.24) is 0 Å². The largest absolute Gasteiger partial charge is 0.298 e. The number of hydrogen-bond acceptors (Lipinski definition) is 4. The van der Waals surface area contributed by atoms with Crippen molar-refractivity contribution in [2.75, 3.05) is 0 Å². The summed E-state index contributed by atoms with van der Waals surface area (Å²) in [6.07, 6.45) is -0.502. The van der Waals surface area contributed by atoms with Gasteiger partial charge in [-0.3, -0.25) is 9.59 Å². The van der Waals surface area contributed by atoms with Crippen molar-refractivity contribution in [1.29, 1.82) is 10.5 Å². The van der Waals surface area contributed by atoms with Gasteiger partial charge in [-0.15, -0.1) is 0 Å². The molecular weight excluding hydrogens is 442 g/mol. The number of halogens is 4. The minimum atomic E-state index is -1.21. The van der Waals surface area contributed by atoms with Gasteiger partial charge in [0.25, 0.3) is 0 Å². The highest BCUT2D eigenvalue weighted by atomic mass is 35.5. The Balaban J connectivity index is 2.18. The summed E-state index contributed by atoms with van der Waals surface area (Å²) < 4.78 is 0. The Hall–Kier alpha value is -2.08. The molecular formula is C20H12Cl4N2O2. The summed E-state index contributed by atoms with van der Waals surface area (Å²) in [7, 11) is 0. The van der Waals surface area contributed by atoms with Crippen molar-refractivity contribution in [3.8, 4) is 12.1 Å². The van der Waals surface area contributed by atoms with Gasteiger partial charge in [-0.1, -0.05) is 58.5 Å². The topological polar surface area (TPSA) is 81.7 Å². The lowest BCUT2D eigenvalue weighted by Gasteiger charge is -2.14. The molecule has 0 aromatic heterocycles. The zero-order valence-corrected chi connectivity index (χ0v) is 17.3. The number of rotatable bonds is 7. The maximum Gasteiger partial charge on any atom is 0.155 e. The van der Waals surface area contributed by atoms with Crippen LogP contribution in [0.15, 0.2) is 36.4 Å². The lowest BCUT2D eigenvalue weighted by molar-refractivity contribution is -0.124. The number of benzene rings is 2. The molecule has 2 rings (SSSR count). The molecule has 2 atom stereocenters. The van der Waals surface area contributed by atoms with Crippen LogP contribution in [-0.4, -0.2) is 11.6 Å². The second-order valence-corrected chi connectivity index (χ2v) is 7.46. The van der Waals surface area contributed by atoms with Crippen LogP contribution in [-0.2, 0) is 9.59 Å². The number of carbonyl (C=O) groups excluding carboxylic acids is 2. The maximum absolute atomic E-state index is 12.5. The van der Waals surface area contributed by atoms with E-state index in [1.807, 2.05) is 12.1 Å². The van der Waals surface area contributed by atoms with Gasteiger partial charge in [0, 0.05) is 44.1 Å². The van der Waals surface area contributed by atoms with Crippen molar-refractivity contribution in [3.05, 3.63) is 67.6 Å². The van der Waals surface area contributed by atoms with Gasteiger partial charge in [0.15, 0.2) is 11.6 Å². The molecule has 2 aromatic rings. The maximum atomic E-state index is 12.5. The zero-order valence-electron chi connectivity index (χ0n) is 14.3. The van der Waals surface area contributed by atoms with E-state index in [2.05, 4.69) is 0 Å². The minimum absolute atomic E-state index is 0.191. The number of ketones is 2. The summed E-state index contributed by atoms with van der Waals surface area (Å²) >= 11 is 24.3. The van der Waals surface area contributed by atoms with E-state index >= 15 is 0 Å². The number of nitriles is 2. The summed E-state index contributed by atoms with van der Waals surface area (Å²) in [4.78, 5) is 25.1. The fraction of sp³-hybridized carbons (Fsp3) is 0.200. The Labute approximate surface area is 182 Å². The molecule has 0 radical (unpaired) electrons. The average molecular weight is 454 g/mol. The van der Waals surface area contributed by atoms with Crippen LogP contribution in [0.1, 0.15) is 35.8 Å². The zero-order chi connectivity index (χ0) is 20.8. The number of hydrogen-bond donors (Lipinski definition) is 0. The molecule has 2 aromatic carbocycles. The molecule has 4 nitrogen and oxygen atoms in total. The van der Waals surface area contributed by atoms with E-state index < -0.39 is 23.4 Å². The Bertz CT molecular complexity index is 886. The molecule has 8 heteroatoms. The molecule has 0 aliphatic carbocycles. The Morgan fingerprint density at radius 1 is 0.714 bits per heavy atom. The van der Waals surface area contributed by atoms with Crippen LogP contribution in [0.4, 0.5) is 0 Å². The summed E-state index contributed by atoms with van der Waals surface area (Å²) in [6, 6.07) is 13.1. The van der Waals surface area contributed by atoms with Crippen LogP contribution in [0.25, 0.3) is 0 Å². The van der Waals surface area contributed by atoms with Crippen LogP contribution in [0.5, 0.6) is 0 Å². The third-order valence-corrected chi connectivity index (χ3v) is 5.42. The predicted octanol–water partition coefficient (Wildman–Crippen LogP) is 6.13. The normalized spacial score (nSPS) is 12.5. The van der Waals surface area contributed by atoms with Gasteiger partial charge in [-0.2, -0.15) is 10.5 Å². The first-order valence-corrected chi connectivity index (χ1v) is 9.55. The van der Waals surface area contributed by atoms with Crippen molar-refractivity contribution in [2.24, 2.45) is 0 Å². The van der Waals surface area contributed by atoms with Crippen molar-refractivity contribution in [3.63, 3.8) is 0 Å². The first-order chi connectivity index (χ1) is 13.3. The molecule has 0 bridgehead atoms. The molecule has 142 valence electrons. The summed E-state index contributed by atoms with van der Waals surface area (Å²) in [5.74, 6) is -3.46. The highest BCUT2D eigenvalue weighted by Gasteiger charge is 2.29. The average Bonchev–Trinajstić information content (AvgIpc) is 2.65. The molecule has 0 heterocycles. The lowest BCUT2D eigenvalue weighted by atomic mass is 9.89. The molecule has 0 N–H and O–H groups in total. The molecule has 0 spiro atoms. The van der Waals surface area contributed by atoms with E-state index in [1.165, 1.54) is 24.3 Å². The van der Waals surface area contributed by atoms with E-state index in [-0.39, 0.29) is 44.1 Å². The first kappa shape index (κ1) is 22.2. The van der Waals surface area contributed by atoms with E-state index in [1.54, 1.807) is 12.1 Å². The van der Waals surface area contributed by atoms with Gasteiger partial charge in [0.1, 0.15) is 11.8 Å². The third-order valence-electron chi connectivity index (χ3n) is 4.10. The van der Waals surface area contributed by atoms with Crippen LogP contribution in [0, 0.1) is 22.7 Å². The Kier molecular flexibility index (Phi) is 7.87. The quantitative estimate of drug-likeness (QED) is 0.504. The summed E-state index contributed by atoms with van der Waals surface area (Å²) in [5.41, 5.74) is 0.411. The molecule has 0 amide bonds. The Morgan fingerprint density at radius 3 is 1.25 bits per heavy atom. The fourth-order valence-electron chi connectivity index (χ4n) is 2.70. The van der Waals surface area contributed by atoms with Gasteiger partial charge in [0.05, 0.1) is 12.1 Å². The first-order valence-electron chi connectivity index (χ1n) is 8.04. The van der Waals surface area contributed by atoms with Gasteiger partial charge < -0.3 is 0 Å². The lowest BCUT2D eigenvalue weighted by Crippen LogP contribution is -2.17. The Morgan fingerprint density at radius 2 is 1.00 bits per heavy atom. The SMILES string of the molecule is N#CC(C(=O)CCC(=O)C(C#N)c1c(Cl)cccc1Cl)c1c(Cl)cccc1Cl. The van der Waals surface area contributed by atoms with Crippen molar-refractivity contribution < 1.29 is 9.59 Å². The highest BCUT2D eigenvalue weighted by Crippen LogP contribution is 2.34. The van der Waals surface area contributed by atoms with Crippen molar-refractivity contribution >= 4 is 58.0 Å². The van der Waals surface area contributed by atoms with E-state index in [0.29, 0.717) is 0 Å². The number of carbonyl (C=O) groups is 2. The predicted molar refractivity (Wildman–Crippen MR) is 109 cm³/mol. The smallest absolute Gasteiger partial charge is 0.155 e. The van der Waals surface area contributed by atoms with Gasteiger partial charge in [-0.05, 0) is 24.3 Å². The third kappa shape index (κ3) is 4.85. The van der Waals surface area contributed by atoms with Gasteiger partial charge in [-0.25, -0.2) is 0 Å². The summed E-state index contributed by atoms with van der Waals surface area (Å²) in [6.45, 7) is 0. The molecule has 0 saturated heterocycles. The van der Waals surface area contributed by atoms with E-state index in [0.717, 1.165) is 0 Å². The second-order valence-electron chi connectivity index (χ2n) is 5.83. The van der Waals surface area contributed by atoms with Crippen LogP contribution in [0.3, 0.4) is 0 Å². The highest BCUT2D eigenvalue weighted by molar-refractivity contribution is 6.37. The number of Topliss-reactive ketones (excluding diaryl/α,β-unsaturated/α-hetero) is 2. The number of nitrogens with zero attached hydrogens (tertiary/aromatic N) is 2. The molecule has 2 unspecified atom stereocenters. The van der Waals surface area contributed by atoms with Gasteiger partial charge >= 0.3 is 0 Å². The molecule has 0 fully saturated rings. The van der Waals surface area contributed by atoms with E-state index in [9.17, 15) is 20.1 Å². The second kappa shape index (κ2) is 9.92. The van der Waals surface area contributed by atoms with Crippen LogP contribution >= 0.6 is 46.4 Å². The minimum Gasteiger partial charge on any atom is -0.298 e. The van der Waals surface area contributed by atoms with Crippen LogP contribution < -0.4 is 0 Å². The summed E-state index contributed by atoms with van der Waals surface area (Å²) in [5, 5.41) is 19.6. The fourth-order valence-corrected chi connectivity index (χ4v) is 3.93. The van der Waals surface area contributed by atoms with Crippen LogP contribution in [0.2, 0.25) is 20.1 Å².